The lowest BCUT2D eigenvalue weighted by atomic mass is 9.95. The van der Waals surface area contributed by atoms with Crippen molar-refractivity contribution in [2.75, 3.05) is 6.61 Å². The number of carbonyl (C=O) groups excluding carboxylic acids is 1. The lowest BCUT2D eigenvalue weighted by molar-refractivity contribution is 0.141. The van der Waals surface area contributed by atoms with Crippen LogP contribution in [0.4, 0.5) is 4.79 Å². The molecule has 1 amide bonds. The van der Waals surface area contributed by atoms with E-state index in [1.54, 1.807) is 0 Å². The summed E-state index contributed by atoms with van der Waals surface area (Å²) in [5.74, 6) is 1.55. The van der Waals surface area contributed by atoms with Crippen LogP contribution in [0.5, 0.6) is 11.5 Å². The predicted molar refractivity (Wildman–Crippen MR) is 121 cm³/mol. The van der Waals surface area contributed by atoms with Gasteiger partial charge in [0.1, 0.15) is 11.5 Å². The van der Waals surface area contributed by atoms with E-state index in [0.29, 0.717) is 6.61 Å². The standard InChI is InChI=1S/C26H35NO3/c1-2-3-4-5-6-7-8-9-10-15-20-29-26(28)27-25-21-16-11-13-18-23(21)30-24-19-14-12-17-22(24)25/h11-14,16-19,25H,2-10,15,20H2,1H3,(H,27,28). The molecule has 1 N–H and O–H groups in total. The molecule has 0 unspecified atom stereocenters. The zero-order chi connectivity index (χ0) is 21.0. The van der Waals surface area contributed by atoms with E-state index in [-0.39, 0.29) is 12.1 Å². The fourth-order valence-electron chi connectivity index (χ4n) is 3.98. The Morgan fingerprint density at radius 3 is 1.87 bits per heavy atom. The Morgan fingerprint density at radius 1 is 0.800 bits per heavy atom. The van der Waals surface area contributed by atoms with Gasteiger partial charge in [-0.3, -0.25) is 0 Å². The molecule has 30 heavy (non-hydrogen) atoms. The molecule has 1 heterocycles. The molecule has 2 aromatic rings. The van der Waals surface area contributed by atoms with Gasteiger partial charge < -0.3 is 14.8 Å². The van der Waals surface area contributed by atoms with Gasteiger partial charge >= 0.3 is 6.09 Å². The molecular weight excluding hydrogens is 374 g/mol. The third kappa shape index (κ3) is 6.51. The summed E-state index contributed by atoms with van der Waals surface area (Å²) in [7, 11) is 0. The van der Waals surface area contributed by atoms with Crippen LogP contribution in [0.2, 0.25) is 0 Å². The van der Waals surface area contributed by atoms with Crippen LogP contribution in [0.25, 0.3) is 0 Å². The second-order valence-corrected chi connectivity index (χ2v) is 8.07. The molecule has 0 bridgehead atoms. The first-order valence-corrected chi connectivity index (χ1v) is 11.6. The fourth-order valence-corrected chi connectivity index (χ4v) is 3.98. The highest BCUT2D eigenvalue weighted by Crippen LogP contribution is 2.42. The predicted octanol–water partition coefficient (Wildman–Crippen LogP) is 7.53. The normalized spacial score (nSPS) is 12.6. The maximum atomic E-state index is 12.4. The third-order valence-corrected chi connectivity index (χ3v) is 5.67. The SMILES string of the molecule is CCCCCCCCCCCCOC(=O)NC1c2ccccc2Oc2ccccc21. The second-order valence-electron chi connectivity index (χ2n) is 8.07. The largest absolute Gasteiger partial charge is 0.457 e. The van der Waals surface area contributed by atoms with Crippen molar-refractivity contribution in [1.29, 1.82) is 0 Å². The number of alkyl carbamates (subject to hydrolysis) is 1. The molecule has 4 nitrogen and oxygen atoms in total. The summed E-state index contributed by atoms with van der Waals surface area (Å²) in [6.07, 6.45) is 12.3. The van der Waals surface area contributed by atoms with Gasteiger partial charge in [0.05, 0.1) is 12.6 Å². The lowest BCUT2D eigenvalue weighted by Gasteiger charge is -2.28. The lowest BCUT2D eigenvalue weighted by Crippen LogP contribution is -2.31. The van der Waals surface area contributed by atoms with E-state index in [2.05, 4.69) is 12.2 Å². The van der Waals surface area contributed by atoms with Crippen molar-refractivity contribution >= 4 is 6.09 Å². The Kier molecular flexibility index (Phi) is 9.07. The highest BCUT2D eigenvalue weighted by Gasteiger charge is 2.28. The molecule has 0 spiro atoms. The number of carbonyl (C=O) groups is 1. The van der Waals surface area contributed by atoms with Crippen molar-refractivity contribution in [2.45, 2.75) is 77.2 Å². The topological polar surface area (TPSA) is 47.6 Å². The zero-order valence-corrected chi connectivity index (χ0v) is 18.2. The first-order valence-electron chi connectivity index (χ1n) is 11.6. The van der Waals surface area contributed by atoms with Crippen molar-refractivity contribution in [3.8, 4) is 11.5 Å². The van der Waals surface area contributed by atoms with Crippen LogP contribution in [0.15, 0.2) is 48.5 Å². The number of ether oxygens (including phenoxy) is 2. The van der Waals surface area contributed by atoms with Crippen LogP contribution in [0.3, 0.4) is 0 Å². The molecule has 0 fully saturated rings. The van der Waals surface area contributed by atoms with Crippen LogP contribution in [-0.2, 0) is 4.74 Å². The van der Waals surface area contributed by atoms with E-state index in [1.165, 1.54) is 51.4 Å². The molecule has 0 aliphatic carbocycles. The maximum absolute atomic E-state index is 12.4. The summed E-state index contributed by atoms with van der Waals surface area (Å²) in [5, 5.41) is 3.03. The van der Waals surface area contributed by atoms with Gasteiger partial charge in [-0.05, 0) is 18.6 Å². The molecule has 0 saturated carbocycles. The number of para-hydroxylation sites is 2. The minimum absolute atomic E-state index is 0.258. The van der Waals surface area contributed by atoms with Gasteiger partial charge in [-0.15, -0.1) is 0 Å². The number of nitrogens with one attached hydrogen (secondary N) is 1. The molecule has 4 heteroatoms. The van der Waals surface area contributed by atoms with Crippen molar-refractivity contribution in [3.63, 3.8) is 0 Å². The number of fused-ring (bicyclic) bond motifs is 2. The summed E-state index contributed by atoms with van der Waals surface area (Å²) in [6, 6.07) is 15.4. The number of rotatable bonds is 12. The number of amides is 1. The summed E-state index contributed by atoms with van der Waals surface area (Å²) in [4.78, 5) is 12.4. The first kappa shape index (κ1) is 22.2. The molecule has 162 valence electrons. The van der Waals surface area contributed by atoms with E-state index in [1.807, 2.05) is 48.5 Å². The number of benzene rings is 2. The van der Waals surface area contributed by atoms with Gasteiger partial charge in [-0.2, -0.15) is 0 Å². The van der Waals surface area contributed by atoms with Gasteiger partial charge in [-0.1, -0.05) is 101 Å². The fraction of sp³-hybridized carbons (Fsp3) is 0.500. The van der Waals surface area contributed by atoms with Crippen molar-refractivity contribution < 1.29 is 14.3 Å². The van der Waals surface area contributed by atoms with Crippen LogP contribution in [0.1, 0.15) is 88.3 Å². The molecular formula is C26H35NO3. The molecule has 0 radical (unpaired) electrons. The van der Waals surface area contributed by atoms with Gasteiger partial charge in [0.2, 0.25) is 0 Å². The van der Waals surface area contributed by atoms with E-state index in [0.717, 1.165) is 35.5 Å². The van der Waals surface area contributed by atoms with E-state index in [4.69, 9.17) is 9.47 Å². The molecule has 2 aromatic carbocycles. The smallest absolute Gasteiger partial charge is 0.407 e. The zero-order valence-electron chi connectivity index (χ0n) is 18.2. The highest BCUT2D eigenvalue weighted by molar-refractivity contribution is 5.70. The molecule has 0 saturated heterocycles. The van der Waals surface area contributed by atoms with E-state index >= 15 is 0 Å². The third-order valence-electron chi connectivity index (χ3n) is 5.67. The first-order chi connectivity index (χ1) is 14.8. The average molecular weight is 410 g/mol. The number of hydrogen-bond acceptors (Lipinski definition) is 3. The quantitative estimate of drug-likeness (QED) is 0.369. The van der Waals surface area contributed by atoms with Crippen LogP contribution < -0.4 is 10.1 Å². The summed E-state index contributed by atoms with van der Waals surface area (Å²) in [6.45, 7) is 2.72. The minimum Gasteiger partial charge on any atom is -0.457 e. The maximum Gasteiger partial charge on any atom is 0.407 e. The van der Waals surface area contributed by atoms with Gasteiger partial charge in [0, 0.05) is 11.1 Å². The Morgan fingerprint density at radius 2 is 1.30 bits per heavy atom. The average Bonchev–Trinajstić information content (AvgIpc) is 2.77. The van der Waals surface area contributed by atoms with Gasteiger partial charge in [0.25, 0.3) is 0 Å². The molecule has 3 rings (SSSR count). The molecule has 0 aromatic heterocycles. The number of hydrogen-bond donors (Lipinski definition) is 1. The highest BCUT2D eigenvalue weighted by atomic mass is 16.5. The summed E-state index contributed by atoms with van der Waals surface area (Å²) in [5.41, 5.74) is 1.90. The van der Waals surface area contributed by atoms with Crippen molar-refractivity contribution in [1.82, 2.24) is 5.32 Å². The van der Waals surface area contributed by atoms with Crippen molar-refractivity contribution in [3.05, 3.63) is 59.7 Å². The second kappa shape index (κ2) is 12.3. The Bertz CT molecular complexity index is 744. The van der Waals surface area contributed by atoms with Gasteiger partial charge in [0.15, 0.2) is 0 Å². The Hall–Kier alpha value is -2.49. The van der Waals surface area contributed by atoms with Crippen LogP contribution in [-0.4, -0.2) is 12.7 Å². The van der Waals surface area contributed by atoms with Crippen LogP contribution >= 0.6 is 0 Å². The minimum atomic E-state index is -0.373. The Balaban J connectivity index is 1.37. The molecule has 1 aliphatic rings. The Labute approximate surface area is 181 Å². The summed E-state index contributed by atoms with van der Waals surface area (Å²) >= 11 is 0. The molecule has 1 aliphatic heterocycles. The van der Waals surface area contributed by atoms with Gasteiger partial charge in [-0.25, -0.2) is 4.79 Å². The van der Waals surface area contributed by atoms with E-state index in [9.17, 15) is 4.79 Å². The van der Waals surface area contributed by atoms with Crippen LogP contribution in [0, 0.1) is 0 Å². The monoisotopic (exact) mass is 409 g/mol. The van der Waals surface area contributed by atoms with E-state index < -0.39 is 0 Å². The van der Waals surface area contributed by atoms with Crippen molar-refractivity contribution in [2.24, 2.45) is 0 Å². The molecule has 0 atom stereocenters. The summed E-state index contributed by atoms with van der Waals surface area (Å²) < 4.78 is 11.4. The number of unbranched alkanes of at least 4 members (excludes halogenated alkanes) is 9.